The fourth-order valence-electron chi connectivity index (χ4n) is 2.86. The lowest BCUT2D eigenvalue weighted by Crippen LogP contribution is -2.42. The molecule has 1 heterocycles. The van der Waals surface area contributed by atoms with E-state index in [0.29, 0.717) is 12.1 Å². The van der Waals surface area contributed by atoms with Crippen LogP contribution in [0, 0.1) is 5.82 Å². The Kier molecular flexibility index (Phi) is 11.1. The Morgan fingerprint density at radius 3 is 2.34 bits per heavy atom. The predicted octanol–water partition coefficient (Wildman–Crippen LogP) is 4.08. The van der Waals surface area contributed by atoms with Gasteiger partial charge in [0.05, 0.1) is 22.9 Å². The SMILES string of the molecule is CC(C)(C)NC(=O)c1cccnc1CC(O)C(N)Cc1cc(C(F)(F)F)ccc1F.Cl.Cl. The molecule has 4 N–H and O–H groups in total. The van der Waals surface area contributed by atoms with Crippen LogP contribution in [0.4, 0.5) is 17.6 Å². The van der Waals surface area contributed by atoms with E-state index in [1.54, 1.807) is 12.1 Å². The zero-order valence-electron chi connectivity index (χ0n) is 17.7. The Morgan fingerprint density at radius 1 is 1.16 bits per heavy atom. The van der Waals surface area contributed by atoms with Gasteiger partial charge >= 0.3 is 6.18 Å². The molecule has 180 valence electrons. The van der Waals surface area contributed by atoms with Crippen molar-refractivity contribution in [1.82, 2.24) is 10.3 Å². The number of nitrogens with one attached hydrogen (secondary N) is 1. The first kappa shape index (κ1) is 30.1. The van der Waals surface area contributed by atoms with Crippen LogP contribution in [0.25, 0.3) is 0 Å². The van der Waals surface area contributed by atoms with Crippen LogP contribution in [-0.2, 0) is 19.0 Å². The largest absolute Gasteiger partial charge is 0.416 e. The van der Waals surface area contributed by atoms with Gasteiger partial charge in [-0.25, -0.2) is 4.39 Å². The molecule has 5 nitrogen and oxygen atoms in total. The van der Waals surface area contributed by atoms with Crippen molar-refractivity contribution in [1.29, 1.82) is 0 Å². The van der Waals surface area contributed by atoms with E-state index in [-0.39, 0.29) is 60.4 Å². The number of alkyl halides is 3. The Labute approximate surface area is 196 Å². The Morgan fingerprint density at radius 2 is 1.78 bits per heavy atom. The molecule has 0 saturated carbocycles. The minimum absolute atomic E-state index is 0. The van der Waals surface area contributed by atoms with Crippen molar-refractivity contribution in [3.63, 3.8) is 0 Å². The highest BCUT2D eigenvalue weighted by Crippen LogP contribution is 2.30. The van der Waals surface area contributed by atoms with E-state index in [1.807, 2.05) is 20.8 Å². The minimum Gasteiger partial charge on any atom is -0.391 e. The summed E-state index contributed by atoms with van der Waals surface area (Å²) in [4.78, 5) is 16.6. The van der Waals surface area contributed by atoms with Crippen molar-refractivity contribution in [2.75, 3.05) is 0 Å². The normalized spacial score (nSPS) is 13.4. The number of carbonyl (C=O) groups is 1. The molecule has 2 rings (SSSR count). The van der Waals surface area contributed by atoms with Gasteiger partial charge in [-0.15, -0.1) is 24.8 Å². The summed E-state index contributed by atoms with van der Waals surface area (Å²) in [7, 11) is 0. The van der Waals surface area contributed by atoms with Crippen LogP contribution >= 0.6 is 24.8 Å². The van der Waals surface area contributed by atoms with Crippen molar-refractivity contribution < 1.29 is 27.5 Å². The lowest BCUT2D eigenvalue weighted by atomic mass is 9.95. The molecule has 2 unspecified atom stereocenters. The van der Waals surface area contributed by atoms with Gasteiger partial charge in [-0.05, 0) is 63.1 Å². The fourth-order valence-corrected chi connectivity index (χ4v) is 2.86. The number of pyridine rings is 1. The zero-order valence-corrected chi connectivity index (χ0v) is 19.4. The second-order valence-corrected chi connectivity index (χ2v) is 8.15. The van der Waals surface area contributed by atoms with Crippen molar-refractivity contribution >= 4 is 30.7 Å². The zero-order chi connectivity index (χ0) is 22.7. The first-order valence-electron chi connectivity index (χ1n) is 9.33. The van der Waals surface area contributed by atoms with Gasteiger partial charge in [0.25, 0.3) is 5.91 Å². The third-order valence-corrected chi connectivity index (χ3v) is 4.35. The summed E-state index contributed by atoms with van der Waals surface area (Å²) in [6.07, 6.45) is -4.85. The molecule has 0 aliphatic heterocycles. The molecule has 11 heteroatoms. The molecular weight excluding hydrogens is 473 g/mol. The highest BCUT2D eigenvalue weighted by Gasteiger charge is 2.31. The van der Waals surface area contributed by atoms with Crippen LogP contribution in [0.1, 0.15) is 48.0 Å². The number of aliphatic hydroxyl groups excluding tert-OH is 1. The number of hydrogen-bond donors (Lipinski definition) is 3. The molecule has 32 heavy (non-hydrogen) atoms. The van der Waals surface area contributed by atoms with Gasteiger partial charge in [-0.1, -0.05) is 0 Å². The molecular formula is C21H27Cl2F4N3O2. The molecule has 1 aromatic carbocycles. The maximum Gasteiger partial charge on any atom is 0.416 e. The maximum atomic E-state index is 14.0. The summed E-state index contributed by atoms with van der Waals surface area (Å²) in [5.41, 5.74) is 4.74. The number of hydrogen-bond acceptors (Lipinski definition) is 4. The number of nitrogens with zero attached hydrogens (tertiary/aromatic N) is 1. The number of nitrogens with two attached hydrogens (primary N) is 1. The third-order valence-electron chi connectivity index (χ3n) is 4.35. The van der Waals surface area contributed by atoms with Crippen molar-refractivity contribution in [2.45, 2.75) is 57.5 Å². The van der Waals surface area contributed by atoms with E-state index in [1.165, 1.54) is 6.20 Å². The number of aromatic nitrogens is 1. The van der Waals surface area contributed by atoms with Gasteiger partial charge in [0.1, 0.15) is 5.82 Å². The highest BCUT2D eigenvalue weighted by molar-refractivity contribution is 5.95. The van der Waals surface area contributed by atoms with Crippen molar-refractivity contribution in [2.24, 2.45) is 5.73 Å². The molecule has 0 fully saturated rings. The summed E-state index contributed by atoms with van der Waals surface area (Å²) in [5.74, 6) is -1.22. The van der Waals surface area contributed by atoms with Crippen LogP contribution in [-0.4, -0.2) is 33.7 Å². The first-order chi connectivity index (χ1) is 13.8. The minimum atomic E-state index is -4.62. The summed E-state index contributed by atoms with van der Waals surface area (Å²) in [6.45, 7) is 5.44. The third kappa shape index (κ3) is 8.54. The fraction of sp³-hybridized carbons (Fsp3) is 0.429. The van der Waals surface area contributed by atoms with Crippen LogP contribution in [0.2, 0.25) is 0 Å². The second-order valence-electron chi connectivity index (χ2n) is 8.15. The molecule has 1 amide bonds. The van der Waals surface area contributed by atoms with Gasteiger partial charge in [0.2, 0.25) is 0 Å². The number of halogens is 6. The Hall–Kier alpha value is -1.94. The van der Waals surface area contributed by atoms with Crippen molar-refractivity contribution in [3.8, 4) is 0 Å². The van der Waals surface area contributed by atoms with E-state index in [9.17, 15) is 27.5 Å². The molecule has 2 atom stereocenters. The average molecular weight is 500 g/mol. The van der Waals surface area contributed by atoms with E-state index in [4.69, 9.17) is 5.73 Å². The highest BCUT2D eigenvalue weighted by atomic mass is 35.5. The summed E-state index contributed by atoms with van der Waals surface area (Å²) < 4.78 is 52.6. The molecule has 0 spiro atoms. The molecule has 1 aromatic heterocycles. The van der Waals surface area contributed by atoms with Crippen LogP contribution in [0.3, 0.4) is 0 Å². The van der Waals surface area contributed by atoms with E-state index in [2.05, 4.69) is 10.3 Å². The molecule has 0 radical (unpaired) electrons. The van der Waals surface area contributed by atoms with Gasteiger partial charge in [0, 0.05) is 24.2 Å². The van der Waals surface area contributed by atoms with Crippen LogP contribution < -0.4 is 11.1 Å². The molecule has 0 aliphatic rings. The summed E-state index contributed by atoms with van der Waals surface area (Å²) >= 11 is 0. The molecule has 2 aromatic rings. The number of benzene rings is 1. The van der Waals surface area contributed by atoms with E-state index in [0.717, 1.165) is 6.07 Å². The lowest BCUT2D eigenvalue weighted by Gasteiger charge is -2.23. The van der Waals surface area contributed by atoms with Gasteiger partial charge in [-0.3, -0.25) is 9.78 Å². The monoisotopic (exact) mass is 499 g/mol. The number of aliphatic hydroxyl groups is 1. The number of amides is 1. The van der Waals surface area contributed by atoms with Crippen molar-refractivity contribution in [3.05, 3.63) is 64.7 Å². The van der Waals surface area contributed by atoms with E-state index < -0.39 is 35.2 Å². The Balaban J connectivity index is 0.00000480. The van der Waals surface area contributed by atoms with Gasteiger partial charge in [-0.2, -0.15) is 13.2 Å². The quantitative estimate of drug-likeness (QED) is 0.522. The van der Waals surface area contributed by atoms with Crippen LogP contribution in [0.5, 0.6) is 0 Å². The number of carbonyl (C=O) groups excluding carboxylic acids is 1. The smallest absolute Gasteiger partial charge is 0.391 e. The number of rotatable bonds is 6. The van der Waals surface area contributed by atoms with E-state index >= 15 is 0 Å². The average Bonchev–Trinajstić information content (AvgIpc) is 2.61. The topological polar surface area (TPSA) is 88.2 Å². The molecule has 0 saturated heterocycles. The second kappa shape index (κ2) is 11.8. The summed E-state index contributed by atoms with van der Waals surface area (Å²) in [5, 5.41) is 13.2. The van der Waals surface area contributed by atoms with Gasteiger partial charge < -0.3 is 16.2 Å². The molecule has 0 aliphatic carbocycles. The first-order valence-corrected chi connectivity index (χ1v) is 9.33. The Bertz CT molecular complexity index is 905. The predicted molar refractivity (Wildman–Crippen MR) is 119 cm³/mol. The lowest BCUT2D eigenvalue weighted by molar-refractivity contribution is -0.137. The molecule has 0 bridgehead atoms. The summed E-state index contributed by atoms with van der Waals surface area (Å²) in [6, 6.07) is 4.12. The van der Waals surface area contributed by atoms with Crippen LogP contribution in [0.15, 0.2) is 36.5 Å². The maximum absolute atomic E-state index is 14.0. The van der Waals surface area contributed by atoms with Gasteiger partial charge in [0.15, 0.2) is 0 Å². The standard InChI is InChI=1S/C21H25F4N3O2.2ClH/c1-20(2,3)28-19(30)14-5-4-8-27-17(14)11-18(29)16(26)10-12-9-13(21(23,24)25)6-7-15(12)22;;/h4-9,16,18,29H,10-11,26H2,1-3H3,(H,28,30);2*1H.